The Morgan fingerprint density at radius 1 is 1.00 bits per heavy atom. The molecule has 0 amide bonds. The van der Waals surface area contributed by atoms with Crippen LogP contribution in [0, 0.1) is 0 Å². The van der Waals surface area contributed by atoms with E-state index in [2.05, 4.69) is 11.9 Å². The summed E-state index contributed by atoms with van der Waals surface area (Å²) < 4.78 is 29.2. The molecule has 4 rings (SSSR count). The number of fused-ring (bicyclic) bond motifs is 1. The van der Waals surface area contributed by atoms with Gasteiger partial charge in [-0.3, -0.25) is 9.36 Å². The number of hydrogen-bond acceptors (Lipinski definition) is 9. The van der Waals surface area contributed by atoms with Crippen LogP contribution in [-0.2, 0) is 14.3 Å². The molecule has 0 N–H and O–H groups in total. The van der Waals surface area contributed by atoms with E-state index in [1.807, 2.05) is 30.3 Å². The van der Waals surface area contributed by atoms with E-state index in [1.165, 1.54) is 18.4 Å². The molecule has 0 fully saturated rings. The Morgan fingerprint density at radius 3 is 2.44 bits per heavy atom. The Balaban J connectivity index is 1.78. The molecule has 2 heterocycles. The SMILES string of the molecule is CCCCCOc1ccc(C2C(C(=O)OCCOC)=C(C)N=c3s/c(=C\c4ccc(OC)c(OC)c4)c(=O)n32)cc1. The molecule has 1 aliphatic rings. The van der Waals surface area contributed by atoms with E-state index < -0.39 is 12.0 Å². The van der Waals surface area contributed by atoms with Crippen molar-refractivity contribution in [2.75, 3.05) is 41.2 Å². The van der Waals surface area contributed by atoms with Gasteiger partial charge in [0.25, 0.3) is 5.56 Å². The lowest BCUT2D eigenvalue weighted by atomic mass is 9.96. The van der Waals surface area contributed by atoms with Crippen molar-refractivity contribution < 1.29 is 28.5 Å². The molecule has 0 aliphatic carbocycles. The van der Waals surface area contributed by atoms with Crippen LogP contribution in [-0.4, -0.2) is 51.7 Å². The number of unbranched alkanes of at least 4 members (excludes halogenated alkanes) is 2. The van der Waals surface area contributed by atoms with E-state index in [-0.39, 0.29) is 18.8 Å². The summed E-state index contributed by atoms with van der Waals surface area (Å²) in [6.07, 6.45) is 4.99. The summed E-state index contributed by atoms with van der Waals surface area (Å²) in [6, 6.07) is 12.2. The van der Waals surface area contributed by atoms with Gasteiger partial charge in [0.15, 0.2) is 16.3 Å². The van der Waals surface area contributed by atoms with Gasteiger partial charge in [-0.05, 0) is 54.8 Å². The Kier molecular flexibility index (Phi) is 10.4. The minimum Gasteiger partial charge on any atom is -0.494 e. The topological polar surface area (TPSA) is 97.6 Å². The minimum absolute atomic E-state index is 0.0904. The van der Waals surface area contributed by atoms with Gasteiger partial charge >= 0.3 is 5.97 Å². The van der Waals surface area contributed by atoms with Gasteiger partial charge in [-0.15, -0.1) is 0 Å². The Hall–Kier alpha value is -3.89. The van der Waals surface area contributed by atoms with Crippen LogP contribution >= 0.6 is 11.3 Å². The summed E-state index contributed by atoms with van der Waals surface area (Å²) >= 11 is 1.26. The summed E-state index contributed by atoms with van der Waals surface area (Å²) in [5, 5.41) is 0. The number of carbonyl (C=O) groups is 1. The number of ether oxygens (including phenoxy) is 5. The molecule has 0 saturated carbocycles. The van der Waals surface area contributed by atoms with Crippen molar-refractivity contribution in [1.29, 1.82) is 0 Å². The fourth-order valence-electron chi connectivity index (χ4n) is 4.58. The van der Waals surface area contributed by atoms with Gasteiger partial charge in [-0.2, -0.15) is 0 Å². The summed E-state index contributed by atoms with van der Waals surface area (Å²) in [5.41, 5.74) is 2.06. The third kappa shape index (κ3) is 6.89. The van der Waals surface area contributed by atoms with Crippen molar-refractivity contribution in [3.8, 4) is 17.2 Å². The number of nitrogens with zero attached hydrogens (tertiary/aromatic N) is 2. The van der Waals surface area contributed by atoms with Crippen molar-refractivity contribution in [2.24, 2.45) is 4.99 Å². The lowest BCUT2D eigenvalue weighted by molar-refractivity contribution is -0.140. The van der Waals surface area contributed by atoms with E-state index >= 15 is 0 Å². The molecule has 10 heteroatoms. The smallest absolute Gasteiger partial charge is 0.338 e. The molecule has 3 aromatic rings. The third-order valence-electron chi connectivity index (χ3n) is 6.68. The minimum atomic E-state index is -0.719. The average molecular weight is 581 g/mol. The number of thiazole rings is 1. The van der Waals surface area contributed by atoms with Crippen LogP contribution in [0.2, 0.25) is 0 Å². The van der Waals surface area contributed by atoms with Gasteiger partial charge in [0.1, 0.15) is 12.4 Å². The third-order valence-corrected chi connectivity index (χ3v) is 7.66. The van der Waals surface area contributed by atoms with Crippen LogP contribution in [0.1, 0.15) is 50.3 Å². The number of carbonyl (C=O) groups excluding carboxylic acids is 1. The molecule has 1 aromatic heterocycles. The van der Waals surface area contributed by atoms with Gasteiger partial charge in [-0.25, -0.2) is 9.79 Å². The Labute approximate surface area is 243 Å². The molecule has 0 radical (unpaired) electrons. The molecule has 0 saturated heterocycles. The molecule has 41 heavy (non-hydrogen) atoms. The van der Waals surface area contributed by atoms with Crippen molar-refractivity contribution in [1.82, 2.24) is 4.57 Å². The van der Waals surface area contributed by atoms with Crippen LogP contribution in [0.4, 0.5) is 0 Å². The molecule has 0 bridgehead atoms. The number of hydrogen-bond donors (Lipinski definition) is 0. The number of esters is 1. The van der Waals surface area contributed by atoms with Crippen LogP contribution in [0.25, 0.3) is 6.08 Å². The predicted octanol–water partition coefficient (Wildman–Crippen LogP) is 4.01. The zero-order valence-corrected chi connectivity index (χ0v) is 24.9. The zero-order chi connectivity index (χ0) is 29.4. The second-order valence-electron chi connectivity index (χ2n) is 9.45. The highest BCUT2D eigenvalue weighted by Gasteiger charge is 2.33. The largest absolute Gasteiger partial charge is 0.494 e. The first-order valence-corrected chi connectivity index (χ1v) is 14.4. The molecule has 218 valence electrons. The number of aromatic nitrogens is 1. The second-order valence-corrected chi connectivity index (χ2v) is 10.5. The molecular formula is C31H36N2O7S. The van der Waals surface area contributed by atoms with E-state index in [4.69, 9.17) is 23.7 Å². The standard InChI is InChI=1S/C31H36N2O7S/c1-6-7-8-15-39-23-12-10-22(11-13-23)28-27(30(35)40-17-16-36-3)20(2)32-31-33(28)29(34)26(41-31)19-21-9-14-24(37-4)25(18-21)38-5/h9-14,18-19,28H,6-8,15-17H2,1-5H3/b26-19-. The fraction of sp³-hybridized carbons (Fsp3) is 0.387. The highest BCUT2D eigenvalue weighted by Crippen LogP contribution is 2.32. The van der Waals surface area contributed by atoms with Crippen molar-refractivity contribution in [3.05, 3.63) is 84.5 Å². The van der Waals surface area contributed by atoms with E-state index in [0.29, 0.717) is 38.7 Å². The van der Waals surface area contributed by atoms with Gasteiger partial charge in [0.2, 0.25) is 0 Å². The van der Waals surface area contributed by atoms with E-state index in [0.717, 1.165) is 36.1 Å². The van der Waals surface area contributed by atoms with E-state index in [9.17, 15) is 9.59 Å². The first-order valence-electron chi connectivity index (χ1n) is 13.5. The predicted molar refractivity (Wildman–Crippen MR) is 158 cm³/mol. The first-order chi connectivity index (χ1) is 19.9. The van der Waals surface area contributed by atoms with Gasteiger partial charge in [-0.1, -0.05) is 49.3 Å². The summed E-state index contributed by atoms with van der Waals surface area (Å²) in [7, 11) is 4.67. The quantitative estimate of drug-likeness (QED) is 0.223. The average Bonchev–Trinajstić information content (AvgIpc) is 3.28. The van der Waals surface area contributed by atoms with Crippen LogP contribution < -0.4 is 29.1 Å². The maximum atomic E-state index is 13.9. The summed E-state index contributed by atoms with van der Waals surface area (Å²) in [5.74, 6) is 1.34. The molecule has 2 aromatic carbocycles. The molecule has 1 atom stereocenters. The second kappa shape index (κ2) is 14.1. The number of methoxy groups -OCH3 is 3. The highest BCUT2D eigenvalue weighted by molar-refractivity contribution is 7.07. The van der Waals surface area contributed by atoms with Crippen molar-refractivity contribution in [2.45, 2.75) is 39.2 Å². The molecule has 1 aliphatic heterocycles. The highest BCUT2D eigenvalue weighted by atomic mass is 32.1. The molecule has 1 unspecified atom stereocenters. The Bertz CT molecular complexity index is 1570. The fourth-order valence-corrected chi connectivity index (χ4v) is 5.62. The number of allylic oxidation sites excluding steroid dienone is 1. The summed E-state index contributed by atoms with van der Waals surface area (Å²) in [4.78, 5) is 32.4. The van der Waals surface area contributed by atoms with Gasteiger partial charge in [0.05, 0.1) is 49.3 Å². The Morgan fingerprint density at radius 2 is 1.76 bits per heavy atom. The lowest BCUT2D eigenvalue weighted by Gasteiger charge is -2.25. The van der Waals surface area contributed by atoms with E-state index in [1.54, 1.807) is 43.9 Å². The van der Waals surface area contributed by atoms with Gasteiger partial charge in [0, 0.05) is 7.11 Å². The van der Waals surface area contributed by atoms with Gasteiger partial charge < -0.3 is 23.7 Å². The molecule has 0 spiro atoms. The maximum Gasteiger partial charge on any atom is 0.338 e. The van der Waals surface area contributed by atoms with Crippen LogP contribution in [0.5, 0.6) is 17.2 Å². The number of benzene rings is 2. The van der Waals surface area contributed by atoms with Crippen LogP contribution in [0.15, 0.2) is 63.5 Å². The summed E-state index contributed by atoms with van der Waals surface area (Å²) in [6.45, 7) is 4.90. The molecular weight excluding hydrogens is 544 g/mol. The lowest BCUT2D eigenvalue weighted by Crippen LogP contribution is -2.40. The monoisotopic (exact) mass is 580 g/mol. The maximum absolute atomic E-state index is 13.9. The number of rotatable bonds is 13. The zero-order valence-electron chi connectivity index (χ0n) is 24.1. The first kappa shape index (κ1) is 30.1. The normalized spacial score (nSPS) is 14.9. The molecule has 9 nitrogen and oxygen atoms in total. The van der Waals surface area contributed by atoms with Crippen molar-refractivity contribution in [3.63, 3.8) is 0 Å². The van der Waals surface area contributed by atoms with Crippen molar-refractivity contribution >= 4 is 23.4 Å². The van der Waals surface area contributed by atoms with Crippen LogP contribution in [0.3, 0.4) is 0 Å².